The lowest BCUT2D eigenvalue weighted by molar-refractivity contribution is -0.138. The number of aliphatic carboxylic acids is 1. The number of hydrogen-bond donors (Lipinski definition) is 3. The Kier molecular flexibility index (Phi) is 36.1. The summed E-state index contributed by atoms with van der Waals surface area (Å²) in [6.45, 7) is 4.39. The van der Waals surface area contributed by atoms with Crippen LogP contribution < -0.4 is 10.6 Å². The first-order chi connectivity index (χ1) is 24.0. The van der Waals surface area contributed by atoms with Crippen molar-refractivity contribution >= 4 is 17.8 Å². The highest BCUT2D eigenvalue weighted by atomic mass is 16.4. The number of allylic oxidation sites excluding steroid dienone is 8. The van der Waals surface area contributed by atoms with Gasteiger partial charge in [-0.3, -0.25) is 14.4 Å². The van der Waals surface area contributed by atoms with Gasteiger partial charge in [-0.15, -0.1) is 0 Å². The Hall–Kier alpha value is -2.63. The van der Waals surface area contributed by atoms with Crippen molar-refractivity contribution in [2.75, 3.05) is 6.54 Å². The van der Waals surface area contributed by atoms with Gasteiger partial charge in [0.2, 0.25) is 11.8 Å². The van der Waals surface area contributed by atoms with Crippen molar-refractivity contribution in [3.63, 3.8) is 0 Å². The number of carboxylic acid groups (broad SMARTS) is 1. The van der Waals surface area contributed by atoms with Crippen molar-refractivity contribution < 1.29 is 19.5 Å². The van der Waals surface area contributed by atoms with Gasteiger partial charge >= 0.3 is 5.97 Å². The van der Waals surface area contributed by atoms with Gasteiger partial charge in [0.15, 0.2) is 0 Å². The number of nitrogens with one attached hydrogen (secondary N) is 2. The minimum absolute atomic E-state index is 0.0949. The average molecular weight is 685 g/mol. The van der Waals surface area contributed by atoms with Crippen LogP contribution in [0, 0.1) is 0 Å². The summed E-state index contributed by atoms with van der Waals surface area (Å²) < 4.78 is 0. The Balaban J connectivity index is 4.20. The summed E-state index contributed by atoms with van der Waals surface area (Å²) in [6, 6.07) is 0.125. The number of amides is 2. The van der Waals surface area contributed by atoms with Crippen molar-refractivity contribution in [3.8, 4) is 0 Å². The number of unbranched alkanes of at least 4 members (excludes halogenated alkanes) is 18. The Morgan fingerprint density at radius 2 is 0.878 bits per heavy atom. The molecule has 0 rings (SSSR count). The standard InChI is InChI=1S/C43H76N2O4/c1-3-5-7-9-11-13-15-17-19-21-23-25-27-29-31-33-35-40(45-42(47)39-44-41(46)37-38-43(48)49)36-34-32-30-28-26-24-22-20-18-16-14-12-10-8-6-4-2/h11-14,17-20,40H,3-10,15-16,21-39H2,1-2H3,(H,44,46)(H,45,47)(H,48,49)/b13-11-,14-12-,19-17-,20-18-. The third-order valence-electron chi connectivity index (χ3n) is 8.88. The molecule has 0 radical (unpaired) electrons. The predicted molar refractivity (Wildman–Crippen MR) is 210 cm³/mol. The maximum atomic E-state index is 12.6. The summed E-state index contributed by atoms with van der Waals surface area (Å²) in [5.74, 6) is -1.60. The second kappa shape index (κ2) is 38.2. The van der Waals surface area contributed by atoms with E-state index in [1.165, 1.54) is 128 Å². The molecule has 0 aliphatic rings. The van der Waals surface area contributed by atoms with Gasteiger partial charge in [-0.1, -0.05) is 152 Å². The molecule has 6 heteroatoms. The Morgan fingerprint density at radius 3 is 1.29 bits per heavy atom. The monoisotopic (exact) mass is 685 g/mol. The van der Waals surface area contributed by atoms with Gasteiger partial charge in [0.25, 0.3) is 0 Å². The lowest BCUT2D eigenvalue weighted by Gasteiger charge is -2.19. The molecule has 0 heterocycles. The summed E-state index contributed by atoms with van der Waals surface area (Å²) in [5, 5.41) is 14.5. The van der Waals surface area contributed by atoms with Gasteiger partial charge in [-0.25, -0.2) is 0 Å². The van der Waals surface area contributed by atoms with Crippen molar-refractivity contribution in [3.05, 3.63) is 48.6 Å². The highest BCUT2D eigenvalue weighted by Crippen LogP contribution is 2.15. The van der Waals surface area contributed by atoms with Crippen molar-refractivity contribution in [2.45, 2.75) is 200 Å². The zero-order valence-corrected chi connectivity index (χ0v) is 31.9. The number of hydrogen-bond acceptors (Lipinski definition) is 3. The molecular weight excluding hydrogens is 608 g/mol. The molecule has 3 N–H and O–H groups in total. The zero-order chi connectivity index (χ0) is 35.9. The van der Waals surface area contributed by atoms with Crippen LogP contribution in [-0.2, 0) is 14.4 Å². The van der Waals surface area contributed by atoms with Crippen molar-refractivity contribution in [2.24, 2.45) is 0 Å². The van der Waals surface area contributed by atoms with E-state index in [9.17, 15) is 14.4 Å². The SMILES string of the molecule is CCCCC/C=C\C/C=C\CCCCCCCCC(CCCCCCCC/C=C\C/C=C\CCCCC)NC(=O)CNC(=O)CCC(=O)O. The first-order valence-corrected chi connectivity index (χ1v) is 20.4. The second-order valence-electron chi connectivity index (χ2n) is 13.7. The number of carboxylic acids is 1. The van der Waals surface area contributed by atoms with Gasteiger partial charge in [0.1, 0.15) is 0 Å². The fraction of sp³-hybridized carbons (Fsp3) is 0.744. The van der Waals surface area contributed by atoms with E-state index < -0.39 is 11.9 Å². The van der Waals surface area contributed by atoms with Crippen molar-refractivity contribution in [1.29, 1.82) is 0 Å². The van der Waals surface area contributed by atoms with Crippen LogP contribution in [0.15, 0.2) is 48.6 Å². The maximum absolute atomic E-state index is 12.6. The fourth-order valence-electron chi connectivity index (χ4n) is 5.81. The molecule has 0 unspecified atom stereocenters. The molecule has 2 amide bonds. The summed E-state index contributed by atoms with van der Waals surface area (Å²) in [7, 11) is 0. The highest BCUT2D eigenvalue weighted by Gasteiger charge is 2.13. The molecule has 0 bridgehead atoms. The van der Waals surface area contributed by atoms with Crippen LogP contribution in [0.2, 0.25) is 0 Å². The van der Waals surface area contributed by atoms with Gasteiger partial charge < -0.3 is 15.7 Å². The van der Waals surface area contributed by atoms with E-state index in [4.69, 9.17) is 5.11 Å². The summed E-state index contributed by atoms with van der Waals surface area (Å²) >= 11 is 0. The lowest BCUT2D eigenvalue weighted by atomic mass is 9.99. The molecule has 0 aromatic carbocycles. The molecule has 0 saturated heterocycles. The quantitative estimate of drug-likeness (QED) is 0.0452. The molecule has 6 nitrogen and oxygen atoms in total. The largest absolute Gasteiger partial charge is 0.481 e. The first kappa shape index (κ1) is 46.4. The molecule has 0 aromatic heterocycles. The minimum Gasteiger partial charge on any atom is -0.481 e. The molecule has 0 spiro atoms. The third-order valence-corrected chi connectivity index (χ3v) is 8.88. The van der Waals surface area contributed by atoms with Crippen LogP contribution in [0.4, 0.5) is 0 Å². The summed E-state index contributed by atoms with van der Waals surface area (Å²) in [6.07, 6.45) is 49.3. The second-order valence-corrected chi connectivity index (χ2v) is 13.7. The molecule has 0 saturated carbocycles. The highest BCUT2D eigenvalue weighted by molar-refractivity contribution is 5.86. The minimum atomic E-state index is -1.01. The molecule has 0 aliphatic heterocycles. The van der Waals surface area contributed by atoms with E-state index in [0.717, 1.165) is 38.5 Å². The maximum Gasteiger partial charge on any atom is 0.303 e. The zero-order valence-electron chi connectivity index (χ0n) is 31.9. The Labute approximate surface area is 302 Å². The molecule has 0 aromatic rings. The molecule has 0 aliphatic carbocycles. The Bertz CT molecular complexity index is 844. The lowest BCUT2D eigenvalue weighted by Crippen LogP contribution is -2.42. The van der Waals surface area contributed by atoms with Crippen molar-refractivity contribution in [1.82, 2.24) is 10.6 Å². The average Bonchev–Trinajstić information content (AvgIpc) is 3.09. The Morgan fingerprint density at radius 1 is 0.490 bits per heavy atom. The van der Waals surface area contributed by atoms with E-state index in [2.05, 4.69) is 73.1 Å². The number of rotatable bonds is 36. The first-order valence-electron chi connectivity index (χ1n) is 20.4. The van der Waals surface area contributed by atoms with E-state index in [-0.39, 0.29) is 31.3 Å². The fourth-order valence-corrected chi connectivity index (χ4v) is 5.81. The predicted octanol–water partition coefficient (Wildman–Crippen LogP) is 11.9. The van der Waals surface area contributed by atoms with Crippen LogP contribution >= 0.6 is 0 Å². The van der Waals surface area contributed by atoms with Crippen LogP contribution in [0.5, 0.6) is 0 Å². The molecule has 0 atom stereocenters. The summed E-state index contributed by atoms with van der Waals surface area (Å²) in [4.78, 5) is 35.1. The normalized spacial score (nSPS) is 12.0. The van der Waals surface area contributed by atoms with Crippen LogP contribution in [-0.4, -0.2) is 35.5 Å². The molecular formula is C43H76N2O4. The van der Waals surface area contributed by atoms with Gasteiger partial charge in [-0.05, 0) is 77.0 Å². The third kappa shape index (κ3) is 38.0. The topological polar surface area (TPSA) is 95.5 Å². The van der Waals surface area contributed by atoms with Crippen LogP contribution in [0.3, 0.4) is 0 Å². The number of carbonyl (C=O) groups is 3. The van der Waals surface area contributed by atoms with Gasteiger partial charge in [0.05, 0.1) is 13.0 Å². The van der Waals surface area contributed by atoms with Gasteiger partial charge in [-0.2, -0.15) is 0 Å². The molecule has 49 heavy (non-hydrogen) atoms. The molecule has 282 valence electrons. The molecule has 0 fully saturated rings. The van der Waals surface area contributed by atoms with Crippen LogP contribution in [0.25, 0.3) is 0 Å². The van der Waals surface area contributed by atoms with E-state index in [1.807, 2.05) is 0 Å². The summed E-state index contributed by atoms with van der Waals surface area (Å²) in [5.41, 5.74) is 0. The van der Waals surface area contributed by atoms with E-state index in [0.29, 0.717) is 0 Å². The van der Waals surface area contributed by atoms with E-state index >= 15 is 0 Å². The van der Waals surface area contributed by atoms with Crippen LogP contribution in [0.1, 0.15) is 194 Å². The van der Waals surface area contributed by atoms with Gasteiger partial charge in [0, 0.05) is 12.5 Å². The number of carbonyl (C=O) groups excluding carboxylic acids is 2. The van der Waals surface area contributed by atoms with E-state index in [1.54, 1.807) is 0 Å². The smallest absolute Gasteiger partial charge is 0.303 e.